The van der Waals surface area contributed by atoms with Crippen LogP contribution in [0.15, 0.2) is 188 Å². The molecule has 0 aromatic heterocycles. The van der Waals surface area contributed by atoms with E-state index < -0.39 is 5.41 Å². The van der Waals surface area contributed by atoms with Crippen LogP contribution >= 0.6 is 0 Å². The van der Waals surface area contributed by atoms with E-state index in [0.717, 1.165) is 5.69 Å². The van der Waals surface area contributed by atoms with Crippen LogP contribution in [0, 0.1) is 0 Å². The first kappa shape index (κ1) is 34.0. The van der Waals surface area contributed by atoms with Gasteiger partial charge in [-0.2, -0.15) is 0 Å². The monoisotopic (exact) mass is 765 g/mol. The smallest absolute Gasteiger partial charge is 0.0726 e. The molecule has 0 radical (unpaired) electrons. The van der Waals surface area contributed by atoms with E-state index in [0.29, 0.717) is 0 Å². The number of nitrogens with zero attached hydrogens (tertiary/aromatic N) is 1. The summed E-state index contributed by atoms with van der Waals surface area (Å²) in [6.45, 7) is 9.58. The van der Waals surface area contributed by atoms with Crippen molar-refractivity contribution in [3.63, 3.8) is 0 Å². The Labute approximate surface area is 352 Å². The molecule has 9 aromatic rings. The summed E-state index contributed by atoms with van der Waals surface area (Å²) in [5.74, 6) is 0. The third-order valence-electron chi connectivity index (χ3n) is 14.8. The van der Waals surface area contributed by atoms with E-state index in [1.165, 1.54) is 111 Å². The molecule has 9 aromatic carbocycles. The highest BCUT2D eigenvalue weighted by molar-refractivity contribution is 5.98. The van der Waals surface area contributed by atoms with E-state index in [2.05, 4.69) is 221 Å². The predicted molar refractivity (Wildman–Crippen MR) is 250 cm³/mol. The number of fused-ring (bicyclic) bond motifs is 17. The van der Waals surface area contributed by atoms with E-state index in [-0.39, 0.29) is 10.8 Å². The topological polar surface area (TPSA) is 3.24 Å². The Morgan fingerprint density at radius 1 is 0.267 bits per heavy atom. The van der Waals surface area contributed by atoms with Gasteiger partial charge in [0.2, 0.25) is 0 Å². The molecule has 1 spiro atoms. The molecule has 0 aliphatic heterocycles. The molecule has 0 amide bonds. The summed E-state index contributed by atoms with van der Waals surface area (Å²) in [5, 5.41) is 2.58. The van der Waals surface area contributed by atoms with Crippen molar-refractivity contribution in [1.82, 2.24) is 0 Å². The summed E-state index contributed by atoms with van der Waals surface area (Å²) in [6, 6.07) is 71.7. The van der Waals surface area contributed by atoms with E-state index >= 15 is 0 Å². The minimum absolute atomic E-state index is 0.127. The number of rotatable bonds is 3. The van der Waals surface area contributed by atoms with Gasteiger partial charge in [0.05, 0.1) is 5.41 Å². The van der Waals surface area contributed by atoms with Gasteiger partial charge in [0, 0.05) is 27.9 Å². The van der Waals surface area contributed by atoms with Crippen molar-refractivity contribution in [3.05, 3.63) is 233 Å². The van der Waals surface area contributed by atoms with Crippen LogP contribution in [0.1, 0.15) is 72.2 Å². The lowest BCUT2D eigenvalue weighted by atomic mass is 9.70. The molecule has 284 valence electrons. The second kappa shape index (κ2) is 11.6. The van der Waals surface area contributed by atoms with Gasteiger partial charge in [-0.25, -0.2) is 0 Å². The highest BCUT2D eigenvalue weighted by atomic mass is 15.1. The average molecular weight is 766 g/mol. The molecule has 60 heavy (non-hydrogen) atoms. The molecule has 1 heteroatoms. The number of hydrogen-bond acceptors (Lipinski definition) is 1. The number of hydrogen-bond donors (Lipinski definition) is 0. The summed E-state index contributed by atoms with van der Waals surface area (Å²) in [5.41, 5.74) is 24.4. The standard InChI is InChI=1S/C59H43N/c1-57(2)49-21-11-7-17-41(49)45-28-25-38(33-54(45)57)60(39-27-30-47-48-31-36-15-5-6-16-37(36)32-53(48)58(3,4)55(47)34-39)40-26-29-46-44-20-10-14-24-52(44)59(56(46)35-40)50-22-12-8-18-42(50)43-19-9-13-23-51(43)59/h5-35H,1-4H3. The highest BCUT2D eigenvalue weighted by Gasteiger charge is 2.51. The normalized spacial score (nSPS) is 15.7. The lowest BCUT2D eigenvalue weighted by Gasteiger charge is -2.33. The molecular weight excluding hydrogens is 723 g/mol. The molecule has 0 bridgehead atoms. The lowest BCUT2D eigenvalue weighted by Crippen LogP contribution is -2.26. The van der Waals surface area contributed by atoms with Crippen LogP contribution < -0.4 is 4.90 Å². The second-order valence-corrected chi connectivity index (χ2v) is 18.5. The van der Waals surface area contributed by atoms with Gasteiger partial charge in [-0.3, -0.25) is 0 Å². The largest absolute Gasteiger partial charge is 0.310 e. The first-order chi connectivity index (χ1) is 29.3. The van der Waals surface area contributed by atoms with E-state index in [1.807, 2.05) is 0 Å². The Morgan fingerprint density at radius 3 is 1.12 bits per heavy atom. The lowest BCUT2D eigenvalue weighted by molar-refractivity contribution is 0.660. The molecule has 1 nitrogen and oxygen atoms in total. The Balaban J connectivity index is 1.06. The van der Waals surface area contributed by atoms with E-state index in [1.54, 1.807) is 0 Å². The minimum atomic E-state index is -0.425. The Hall–Kier alpha value is -6.96. The number of anilines is 3. The van der Waals surface area contributed by atoms with Crippen molar-refractivity contribution < 1.29 is 0 Å². The van der Waals surface area contributed by atoms with Crippen LogP contribution in [0.3, 0.4) is 0 Å². The second-order valence-electron chi connectivity index (χ2n) is 18.5. The van der Waals surface area contributed by atoms with Crippen LogP contribution in [-0.4, -0.2) is 0 Å². The maximum absolute atomic E-state index is 2.54. The van der Waals surface area contributed by atoms with Crippen LogP contribution in [0.4, 0.5) is 17.1 Å². The number of benzene rings is 9. The van der Waals surface area contributed by atoms with Crippen LogP contribution in [0.2, 0.25) is 0 Å². The van der Waals surface area contributed by atoms with Crippen LogP contribution in [-0.2, 0) is 16.2 Å². The average Bonchev–Trinajstić information content (AvgIpc) is 3.91. The van der Waals surface area contributed by atoms with Crippen molar-refractivity contribution in [2.75, 3.05) is 4.90 Å². The maximum Gasteiger partial charge on any atom is 0.0726 e. The van der Waals surface area contributed by atoms with Crippen molar-refractivity contribution in [2.24, 2.45) is 0 Å². The quantitative estimate of drug-likeness (QED) is 0.173. The molecule has 0 fully saturated rings. The van der Waals surface area contributed by atoms with Gasteiger partial charge in [0.25, 0.3) is 0 Å². The van der Waals surface area contributed by atoms with Crippen molar-refractivity contribution in [3.8, 4) is 44.5 Å². The zero-order chi connectivity index (χ0) is 40.1. The van der Waals surface area contributed by atoms with Crippen molar-refractivity contribution in [2.45, 2.75) is 43.9 Å². The zero-order valence-electron chi connectivity index (χ0n) is 34.3. The first-order valence-corrected chi connectivity index (χ1v) is 21.4. The Morgan fingerprint density at radius 2 is 0.600 bits per heavy atom. The summed E-state index contributed by atoms with van der Waals surface area (Å²) < 4.78 is 0. The molecule has 0 atom stereocenters. The SMILES string of the molecule is CC1(C)c2ccccc2-c2ccc(N(c3ccc4c(c3)C(C)(C)c3cc5ccccc5cc3-4)c3ccc4c(c3)C3(c5ccccc5-c5ccccc53)c3ccccc3-4)cc21. The Bertz CT molecular complexity index is 3280. The molecule has 0 saturated heterocycles. The van der Waals surface area contributed by atoms with Crippen LogP contribution in [0.5, 0.6) is 0 Å². The van der Waals surface area contributed by atoms with Gasteiger partial charge in [-0.05, 0) is 148 Å². The van der Waals surface area contributed by atoms with E-state index in [4.69, 9.17) is 0 Å². The van der Waals surface area contributed by atoms with E-state index in [9.17, 15) is 0 Å². The summed E-state index contributed by atoms with van der Waals surface area (Å²) in [7, 11) is 0. The minimum Gasteiger partial charge on any atom is -0.310 e. The fourth-order valence-electron chi connectivity index (χ4n) is 12.0. The molecule has 0 unspecified atom stereocenters. The van der Waals surface area contributed by atoms with Gasteiger partial charge in [-0.1, -0.05) is 167 Å². The van der Waals surface area contributed by atoms with Crippen LogP contribution in [0.25, 0.3) is 55.3 Å². The third-order valence-corrected chi connectivity index (χ3v) is 14.8. The summed E-state index contributed by atoms with van der Waals surface area (Å²) >= 11 is 0. The molecule has 0 saturated carbocycles. The predicted octanol–water partition coefficient (Wildman–Crippen LogP) is 15.3. The molecule has 4 aliphatic carbocycles. The van der Waals surface area contributed by atoms with Crippen molar-refractivity contribution in [1.29, 1.82) is 0 Å². The molecule has 13 rings (SSSR count). The fourth-order valence-corrected chi connectivity index (χ4v) is 12.0. The maximum atomic E-state index is 2.54. The zero-order valence-corrected chi connectivity index (χ0v) is 34.3. The summed E-state index contributed by atoms with van der Waals surface area (Å²) in [4.78, 5) is 2.54. The molecule has 0 heterocycles. The highest BCUT2D eigenvalue weighted by Crippen LogP contribution is 2.63. The molecule has 0 N–H and O–H groups in total. The Kier molecular flexibility index (Phi) is 6.57. The fraction of sp³-hybridized carbons (Fsp3) is 0.119. The molecule has 4 aliphatic rings. The van der Waals surface area contributed by atoms with Gasteiger partial charge < -0.3 is 4.90 Å². The third kappa shape index (κ3) is 4.17. The van der Waals surface area contributed by atoms with Gasteiger partial charge in [-0.15, -0.1) is 0 Å². The van der Waals surface area contributed by atoms with Gasteiger partial charge in [0.15, 0.2) is 0 Å². The van der Waals surface area contributed by atoms with Gasteiger partial charge in [0.1, 0.15) is 0 Å². The first-order valence-electron chi connectivity index (χ1n) is 21.4. The molecular formula is C59H43N. The van der Waals surface area contributed by atoms with Crippen molar-refractivity contribution >= 4 is 27.8 Å². The van der Waals surface area contributed by atoms with Gasteiger partial charge >= 0.3 is 0 Å². The summed E-state index contributed by atoms with van der Waals surface area (Å²) in [6.07, 6.45) is 0.